The van der Waals surface area contributed by atoms with Crippen molar-refractivity contribution >= 4 is 5.96 Å². The predicted molar refractivity (Wildman–Crippen MR) is 108 cm³/mol. The van der Waals surface area contributed by atoms with E-state index in [0.29, 0.717) is 25.7 Å². The van der Waals surface area contributed by atoms with Crippen LogP contribution in [0.4, 0.5) is 0 Å². The summed E-state index contributed by atoms with van der Waals surface area (Å²) in [5.41, 5.74) is 0.669. The highest BCUT2D eigenvalue weighted by Gasteiger charge is 2.25. The molecule has 7 nitrogen and oxygen atoms in total. The standard InChI is InChI=1S/C20H29N5O2/c1-5-11-27-18-10-8-7-9-16(18)12-22-19(21-6-2)23-15-20(3,26)17-13-24-25(4)14-17/h5,7-10,13-14,26H,1,6,11-12,15H2,2-4H3,(H2,21,22,23). The van der Waals surface area contributed by atoms with Gasteiger partial charge in [0.15, 0.2) is 5.96 Å². The average Bonchev–Trinajstić information content (AvgIpc) is 3.10. The van der Waals surface area contributed by atoms with Gasteiger partial charge in [-0.3, -0.25) is 4.68 Å². The van der Waals surface area contributed by atoms with E-state index in [1.165, 1.54) is 0 Å². The molecule has 2 aromatic rings. The van der Waals surface area contributed by atoms with Crippen molar-refractivity contribution in [1.82, 2.24) is 20.4 Å². The minimum absolute atomic E-state index is 0.305. The molecular formula is C20H29N5O2. The summed E-state index contributed by atoms with van der Waals surface area (Å²) in [4.78, 5) is 4.61. The van der Waals surface area contributed by atoms with Crippen molar-refractivity contribution in [2.24, 2.45) is 12.0 Å². The third kappa shape index (κ3) is 6.14. The van der Waals surface area contributed by atoms with Crippen LogP contribution >= 0.6 is 0 Å². The second kappa shape index (κ2) is 9.78. The fourth-order valence-corrected chi connectivity index (χ4v) is 2.49. The largest absolute Gasteiger partial charge is 0.489 e. The molecule has 2 rings (SSSR count). The van der Waals surface area contributed by atoms with Crippen LogP contribution in [0.1, 0.15) is 25.0 Å². The van der Waals surface area contributed by atoms with Gasteiger partial charge in [-0.1, -0.05) is 30.9 Å². The number of nitrogens with zero attached hydrogens (tertiary/aromatic N) is 3. The van der Waals surface area contributed by atoms with E-state index in [2.05, 4.69) is 27.3 Å². The number of nitrogens with one attached hydrogen (secondary N) is 2. The Morgan fingerprint density at radius 3 is 2.85 bits per heavy atom. The van der Waals surface area contributed by atoms with Gasteiger partial charge in [0.1, 0.15) is 18.0 Å². The Morgan fingerprint density at radius 2 is 2.19 bits per heavy atom. The smallest absolute Gasteiger partial charge is 0.191 e. The number of hydrogen-bond acceptors (Lipinski definition) is 4. The number of ether oxygens (including phenoxy) is 1. The molecule has 146 valence electrons. The van der Waals surface area contributed by atoms with Gasteiger partial charge >= 0.3 is 0 Å². The lowest BCUT2D eigenvalue weighted by atomic mass is 10.00. The Bertz CT molecular complexity index is 767. The number of aliphatic imine (C=N–C) groups is 1. The number of aromatic nitrogens is 2. The quantitative estimate of drug-likeness (QED) is 0.356. The molecule has 0 aliphatic heterocycles. The normalized spacial score (nSPS) is 13.7. The van der Waals surface area contributed by atoms with E-state index in [9.17, 15) is 5.11 Å². The third-order valence-corrected chi connectivity index (χ3v) is 4.01. The first-order valence-electron chi connectivity index (χ1n) is 9.01. The van der Waals surface area contributed by atoms with E-state index in [0.717, 1.165) is 23.4 Å². The summed E-state index contributed by atoms with van der Waals surface area (Å²) in [6, 6.07) is 7.79. The van der Waals surface area contributed by atoms with Crippen LogP contribution in [-0.2, 0) is 19.2 Å². The summed E-state index contributed by atoms with van der Waals surface area (Å²) in [5, 5.41) is 21.2. The van der Waals surface area contributed by atoms with Crippen LogP contribution in [0, 0.1) is 0 Å². The van der Waals surface area contributed by atoms with Gasteiger partial charge in [-0.05, 0) is 19.9 Å². The summed E-state index contributed by atoms with van der Waals surface area (Å²) in [5.74, 6) is 1.42. The summed E-state index contributed by atoms with van der Waals surface area (Å²) in [7, 11) is 1.82. The van der Waals surface area contributed by atoms with Crippen molar-refractivity contribution in [2.45, 2.75) is 26.0 Å². The number of rotatable bonds is 9. The van der Waals surface area contributed by atoms with Gasteiger partial charge in [0, 0.05) is 30.9 Å². The highest BCUT2D eigenvalue weighted by Crippen LogP contribution is 2.20. The first kappa shape index (κ1) is 20.5. The van der Waals surface area contributed by atoms with E-state index < -0.39 is 5.60 Å². The maximum absolute atomic E-state index is 10.7. The molecule has 0 saturated heterocycles. The molecule has 0 amide bonds. The number of aryl methyl sites for hydroxylation is 1. The Kier molecular flexibility index (Phi) is 7.43. The molecule has 0 spiro atoms. The molecule has 0 bridgehead atoms. The SMILES string of the molecule is C=CCOc1ccccc1CN=C(NCC)NCC(C)(O)c1cnn(C)c1. The number of para-hydroxylation sites is 1. The van der Waals surface area contributed by atoms with E-state index in [4.69, 9.17) is 4.74 Å². The van der Waals surface area contributed by atoms with Crippen LogP contribution < -0.4 is 15.4 Å². The summed E-state index contributed by atoms with van der Waals surface area (Å²) < 4.78 is 7.35. The fourth-order valence-electron chi connectivity index (χ4n) is 2.49. The lowest BCUT2D eigenvalue weighted by Gasteiger charge is -2.23. The molecule has 0 aliphatic carbocycles. The molecule has 0 aliphatic rings. The Hall–Kier alpha value is -2.80. The molecule has 1 unspecified atom stereocenters. The number of hydrogen-bond donors (Lipinski definition) is 3. The molecule has 0 saturated carbocycles. The van der Waals surface area contributed by atoms with Crippen LogP contribution in [0.3, 0.4) is 0 Å². The zero-order chi connectivity index (χ0) is 19.7. The fraction of sp³-hybridized carbons (Fsp3) is 0.400. The molecule has 1 heterocycles. The molecule has 1 atom stereocenters. The molecule has 7 heteroatoms. The van der Waals surface area contributed by atoms with Crippen LogP contribution in [0.15, 0.2) is 54.3 Å². The van der Waals surface area contributed by atoms with Crippen molar-refractivity contribution in [2.75, 3.05) is 19.7 Å². The molecule has 3 N–H and O–H groups in total. The topological polar surface area (TPSA) is 83.7 Å². The van der Waals surface area contributed by atoms with Gasteiger partial charge in [0.05, 0.1) is 19.3 Å². The second-order valence-corrected chi connectivity index (χ2v) is 6.43. The first-order chi connectivity index (χ1) is 13.0. The highest BCUT2D eigenvalue weighted by atomic mass is 16.5. The predicted octanol–water partition coefficient (Wildman–Crippen LogP) is 1.95. The van der Waals surface area contributed by atoms with Gasteiger partial charge < -0.3 is 20.5 Å². The molecule has 27 heavy (non-hydrogen) atoms. The third-order valence-electron chi connectivity index (χ3n) is 4.01. The Balaban J connectivity index is 2.05. The lowest BCUT2D eigenvalue weighted by molar-refractivity contribution is 0.0616. The average molecular weight is 371 g/mol. The minimum Gasteiger partial charge on any atom is -0.489 e. The molecule has 0 radical (unpaired) electrons. The molecule has 0 fully saturated rings. The highest BCUT2D eigenvalue weighted by molar-refractivity contribution is 5.79. The molecular weight excluding hydrogens is 342 g/mol. The number of aliphatic hydroxyl groups is 1. The zero-order valence-corrected chi connectivity index (χ0v) is 16.3. The summed E-state index contributed by atoms with van der Waals surface area (Å²) in [6.07, 6.45) is 5.18. The van der Waals surface area contributed by atoms with Crippen molar-refractivity contribution in [3.05, 3.63) is 60.4 Å². The van der Waals surface area contributed by atoms with Crippen molar-refractivity contribution in [3.63, 3.8) is 0 Å². The van der Waals surface area contributed by atoms with Crippen LogP contribution in [-0.4, -0.2) is 40.5 Å². The lowest BCUT2D eigenvalue weighted by Crippen LogP contribution is -2.44. The summed E-state index contributed by atoms with van der Waals surface area (Å²) in [6.45, 7) is 9.35. The van der Waals surface area contributed by atoms with Gasteiger partial charge in [-0.15, -0.1) is 0 Å². The number of guanidine groups is 1. The second-order valence-electron chi connectivity index (χ2n) is 6.43. The van der Waals surface area contributed by atoms with Gasteiger partial charge in [0.2, 0.25) is 0 Å². The molecule has 1 aromatic heterocycles. The minimum atomic E-state index is -1.06. The molecule has 1 aromatic carbocycles. The van der Waals surface area contributed by atoms with Crippen molar-refractivity contribution in [1.29, 1.82) is 0 Å². The van der Waals surface area contributed by atoms with E-state index in [1.807, 2.05) is 38.2 Å². The maximum atomic E-state index is 10.7. The Morgan fingerprint density at radius 1 is 1.41 bits per heavy atom. The van der Waals surface area contributed by atoms with Crippen molar-refractivity contribution in [3.8, 4) is 5.75 Å². The van der Waals surface area contributed by atoms with Gasteiger partial charge in [-0.25, -0.2) is 4.99 Å². The van der Waals surface area contributed by atoms with Crippen LogP contribution in [0.5, 0.6) is 5.75 Å². The van der Waals surface area contributed by atoms with Gasteiger partial charge in [-0.2, -0.15) is 5.10 Å². The maximum Gasteiger partial charge on any atom is 0.191 e. The van der Waals surface area contributed by atoms with E-state index >= 15 is 0 Å². The number of benzene rings is 1. The zero-order valence-electron chi connectivity index (χ0n) is 16.3. The first-order valence-corrected chi connectivity index (χ1v) is 9.01. The van der Waals surface area contributed by atoms with Crippen LogP contribution in [0.2, 0.25) is 0 Å². The van der Waals surface area contributed by atoms with Gasteiger partial charge in [0.25, 0.3) is 0 Å². The monoisotopic (exact) mass is 371 g/mol. The Labute approximate surface area is 160 Å². The van der Waals surface area contributed by atoms with E-state index in [-0.39, 0.29) is 0 Å². The van der Waals surface area contributed by atoms with Crippen LogP contribution in [0.25, 0.3) is 0 Å². The van der Waals surface area contributed by atoms with Crippen molar-refractivity contribution < 1.29 is 9.84 Å². The van der Waals surface area contributed by atoms with E-state index in [1.54, 1.807) is 30.1 Å². The summed E-state index contributed by atoms with van der Waals surface area (Å²) >= 11 is 0.